The maximum atomic E-state index is 9.74. The van der Waals surface area contributed by atoms with E-state index < -0.39 is 6.10 Å². The lowest BCUT2D eigenvalue weighted by Gasteiger charge is -2.13. The third-order valence-electron chi connectivity index (χ3n) is 3.05. The highest BCUT2D eigenvalue weighted by atomic mass is 16.5. The molecule has 0 aliphatic carbocycles. The standard InChI is InChI=1S/C17H22N2O4/c20-7-6-18-9-15(21)13-23-17-8-16(10-19-11-17)22-12-14-4-2-1-3-5-14/h1-5,8,10-11,15,18,20-21H,6-7,9,12-13H2/t15-/m1/s1. The minimum Gasteiger partial charge on any atom is -0.489 e. The number of aliphatic hydroxyl groups is 2. The highest BCUT2D eigenvalue weighted by Gasteiger charge is 2.06. The second-order valence-corrected chi connectivity index (χ2v) is 5.02. The average Bonchev–Trinajstić information content (AvgIpc) is 2.60. The van der Waals surface area contributed by atoms with Crippen molar-refractivity contribution < 1.29 is 19.7 Å². The van der Waals surface area contributed by atoms with Gasteiger partial charge in [-0.2, -0.15) is 0 Å². The van der Waals surface area contributed by atoms with Crippen molar-refractivity contribution in [3.63, 3.8) is 0 Å². The summed E-state index contributed by atoms with van der Waals surface area (Å²) >= 11 is 0. The van der Waals surface area contributed by atoms with Gasteiger partial charge >= 0.3 is 0 Å². The van der Waals surface area contributed by atoms with Crippen molar-refractivity contribution in [2.24, 2.45) is 0 Å². The lowest BCUT2D eigenvalue weighted by atomic mass is 10.2. The largest absolute Gasteiger partial charge is 0.489 e. The number of nitrogens with zero attached hydrogens (tertiary/aromatic N) is 1. The Morgan fingerprint density at radius 2 is 1.83 bits per heavy atom. The van der Waals surface area contributed by atoms with Crippen LogP contribution in [0.1, 0.15) is 5.56 Å². The lowest BCUT2D eigenvalue weighted by molar-refractivity contribution is 0.104. The molecule has 2 rings (SSSR count). The van der Waals surface area contributed by atoms with Crippen molar-refractivity contribution in [1.82, 2.24) is 10.3 Å². The Hall–Kier alpha value is -2.15. The summed E-state index contributed by atoms with van der Waals surface area (Å²) in [6.45, 7) is 1.44. The average molecular weight is 318 g/mol. The maximum Gasteiger partial charge on any atom is 0.141 e. The summed E-state index contributed by atoms with van der Waals surface area (Å²) in [5.41, 5.74) is 1.07. The first-order chi connectivity index (χ1) is 11.3. The van der Waals surface area contributed by atoms with Crippen LogP contribution in [-0.4, -0.2) is 47.6 Å². The monoisotopic (exact) mass is 318 g/mol. The molecule has 6 nitrogen and oxygen atoms in total. The number of pyridine rings is 1. The Bertz CT molecular complexity index is 566. The quantitative estimate of drug-likeness (QED) is 0.567. The highest BCUT2D eigenvalue weighted by Crippen LogP contribution is 2.18. The maximum absolute atomic E-state index is 9.74. The van der Waals surface area contributed by atoms with Crippen LogP contribution in [0.25, 0.3) is 0 Å². The van der Waals surface area contributed by atoms with Crippen LogP contribution >= 0.6 is 0 Å². The third-order valence-corrected chi connectivity index (χ3v) is 3.05. The van der Waals surface area contributed by atoms with Crippen molar-refractivity contribution in [2.75, 3.05) is 26.3 Å². The van der Waals surface area contributed by atoms with Crippen LogP contribution in [0.5, 0.6) is 11.5 Å². The van der Waals surface area contributed by atoms with Gasteiger partial charge in [0, 0.05) is 19.2 Å². The predicted octanol–water partition coefficient (Wildman–Crippen LogP) is 0.982. The van der Waals surface area contributed by atoms with Gasteiger partial charge in [0.15, 0.2) is 0 Å². The molecule has 3 N–H and O–H groups in total. The van der Waals surface area contributed by atoms with Crippen LogP contribution in [0.15, 0.2) is 48.8 Å². The normalized spacial score (nSPS) is 11.9. The summed E-state index contributed by atoms with van der Waals surface area (Å²) in [4.78, 5) is 4.07. The van der Waals surface area contributed by atoms with E-state index in [4.69, 9.17) is 14.6 Å². The van der Waals surface area contributed by atoms with Gasteiger partial charge in [0.1, 0.15) is 30.8 Å². The first-order valence-electron chi connectivity index (χ1n) is 7.52. The zero-order valence-corrected chi connectivity index (χ0v) is 12.9. The fourth-order valence-electron chi connectivity index (χ4n) is 1.90. The van der Waals surface area contributed by atoms with Crippen LogP contribution in [0.2, 0.25) is 0 Å². The topological polar surface area (TPSA) is 83.8 Å². The molecule has 23 heavy (non-hydrogen) atoms. The van der Waals surface area contributed by atoms with E-state index in [1.54, 1.807) is 18.5 Å². The number of aliphatic hydroxyl groups excluding tert-OH is 2. The second kappa shape index (κ2) is 9.78. The molecule has 0 saturated heterocycles. The highest BCUT2D eigenvalue weighted by molar-refractivity contribution is 5.28. The Kier molecular flexibility index (Phi) is 7.32. The van der Waals surface area contributed by atoms with Gasteiger partial charge in [-0.15, -0.1) is 0 Å². The molecular formula is C17H22N2O4. The van der Waals surface area contributed by atoms with Gasteiger partial charge in [-0.1, -0.05) is 30.3 Å². The minimum absolute atomic E-state index is 0.0400. The van der Waals surface area contributed by atoms with E-state index in [2.05, 4.69) is 10.3 Å². The Morgan fingerprint density at radius 3 is 2.57 bits per heavy atom. The molecule has 1 aromatic carbocycles. The number of aromatic nitrogens is 1. The smallest absolute Gasteiger partial charge is 0.141 e. The lowest BCUT2D eigenvalue weighted by Crippen LogP contribution is -2.32. The van der Waals surface area contributed by atoms with E-state index in [0.717, 1.165) is 5.56 Å². The number of rotatable bonds is 10. The molecule has 124 valence electrons. The summed E-state index contributed by atoms with van der Waals surface area (Å²) in [6.07, 6.45) is 2.54. The summed E-state index contributed by atoms with van der Waals surface area (Å²) in [7, 11) is 0. The molecular weight excluding hydrogens is 296 g/mol. The number of ether oxygens (including phenoxy) is 2. The molecule has 1 heterocycles. The van der Waals surface area contributed by atoms with Crippen LogP contribution in [0.3, 0.4) is 0 Å². The van der Waals surface area contributed by atoms with E-state index in [9.17, 15) is 5.11 Å². The Morgan fingerprint density at radius 1 is 1.09 bits per heavy atom. The van der Waals surface area contributed by atoms with E-state index in [1.165, 1.54) is 0 Å². The predicted molar refractivity (Wildman–Crippen MR) is 86.5 cm³/mol. The van der Waals surface area contributed by atoms with Crippen molar-refractivity contribution in [2.45, 2.75) is 12.7 Å². The van der Waals surface area contributed by atoms with Gasteiger partial charge in [-0.05, 0) is 5.56 Å². The molecule has 0 bridgehead atoms. The van der Waals surface area contributed by atoms with E-state index in [1.807, 2.05) is 30.3 Å². The molecule has 0 amide bonds. The zero-order valence-electron chi connectivity index (χ0n) is 12.9. The fraction of sp³-hybridized carbons (Fsp3) is 0.353. The summed E-state index contributed by atoms with van der Waals surface area (Å²) in [6, 6.07) is 11.6. The first-order valence-corrected chi connectivity index (χ1v) is 7.52. The van der Waals surface area contributed by atoms with Gasteiger partial charge < -0.3 is 25.0 Å². The van der Waals surface area contributed by atoms with Gasteiger partial charge in [0.2, 0.25) is 0 Å². The first kappa shape index (κ1) is 17.2. The van der Waals surface area contributed by atoms with Crippen molar-refractivity contribution in [1.29, 1.82) is 0 Å². The molecule has 0 spiro atoms. The minimum atomic E-state index is -0.657. The third kappa shape index (κ3) is 6.65. The van der Waals surface area contributed by atoms with E-state index in [0.29, 0.717) is 31.2 Å². The molecule has 0 radical (unpaired) electrons. The van der Waals surface area contributed by atoms with Crippen LogP contribution in [0, 0.1) is 0 Å². The molecule has 2 aromatic rings. The number of benzene rings is 1. The molecule has 1 atom stereocenters. The van der Waals surface area contributed by atoms with Crippen LogP contribution in [-0.2, 0) is 6.61 Å². The molecule has 0 aliphatic heterocycles. The van der Waals surface area contributed by atoms with E-state index in [-0.39, 0.29) is 13.2 Å². The van der Waals surface area contributed by atoms with Crippen LogP contribution in [0.4, 0.5) is 0 Å². The number of hydrogen-bond acceptors (Lipinski definition) is 6. The molecule has 0 unspecified atom stereocenters. The number of hydrogen-bond donors (Lipinski definition) is 3. The van der Waals surface area contributed by atoms with E-state index >= 15 is 0 Å². The summed E-state index contributed by atoms with van der Waals surface area (Å²) in [5, 5.41) is 21.3. The molecule has 0 aliphatic rings. The van der Waals surface area contributed by atoms with Crippen LogP contribution < -0.4 is 14.8 Å². The second-order valence-electron chi connectivity index (χ2n) is 5.02. The van der Waals surface area contributed by atoms with Gasteiger partial charge in [-0.25, -0.2) is 0 Å². The molecule has 0 saturated carbocycles. The van der Waals surface area contributed by atoms with Gasteiger partial charge in [0.05, 0.1) is 19.0 Å². The molecule has 0 fully saturated rings. The molecule has 1 aromatic heterocycles. The SMILES string of the molecule is OCCNC[C@@H](O)COc1cncc(OCc2ccccc2)c1. The summed E-state index contributed by atoms with van der Waals surface area (Å²) < 4.78 is 11.2. The zero-order chi connectivity index (χ0) is 16.3. The Labute approximate surface area is 135 Å². The number of nitrogens with one attached hydrogen (secondary N) is 1. The summed E-state index contributed by atoms with van der Waals surface area (Å²) in [5.74, 6) is 1.15. The van der Waals surface area contributed by atoms with Crippen molar-refractivity contribution in [3.05, 3.63) is 54.4 Å². The van der Waals surface area contributed by atoms with Gasteiger partial charge in [0.25, 0.3) is 0 Å². The van der Waals surface area contributed by atoms with Gasteiger partial charge in [-0.3, -0.25) is 4.98 Å². The Balaban J connectivity index is 1.78. The van der Waals surface area contributed by atoms with Crippen molar-refractivity contribution >= 4 is 0 Å². The fourth-order valence-corrected chi connectivity index (χ4v) is 1.90. The molecule has 6 heteroatoms. The van der Waals surface area contributed by atoms with Crippen molar-refractivity contribution in [3.8, 4) is 11.5 Å².